The Labute approximate surface area is 105 Å². The van der Waals surface area contributed by atoms with Crippen molar-refractivity contribution in [1.29, 1.82) is 0 Å². The van der Waals surface area contributed by atoms with E-state index in [9.17, 15) is 5.11 Å². The number of nitrogens with zero attached hydrogens (tertiary/aromatic N) is 2. The SMILES string of the molecule is Cc1nc(O)c(NCc2ccccc2)c(S)n1. The molecule has 2 aromatic rings. The molecule has 0 aliphatic heterocycles. The molecule has 0 aliphatic carbocycles. The number of benzene rings is 1. The van der Waals surface area contributed by atoms with E-state index in [-0.39, 0.29) is 5.88 Å². The van der Waals surface area contributed by atoms with Gasteiger partial charge in [-0.15, -0.1) is 12.6 Å². The zero-order chi connectivity index (χ0) is 12.3. The molecule has 0 amide bonds. The van der Waals surface area contributed by atoms with Gasteiger partial charge < -0.3 is 10.4 Å². The van der Waals surface area contributed by atoms with Crippen molar-refractivity contribution in [1.82, 2.24) is 9.97 Å². The molecule has 2 rings (SSSR count). The maximum absolute atomic E-state index is 9.69. The largest absolute Gasteiger partial charge is 0.492 e. The summed E-state index contributed by atoms with van der Waals surface area (Å²) in [7, 11) is 0. The monoisotopic (exact) mass is 247 g/mol. The molecule has 4 nitrogen and oxygen atoms in total. The lowest BCUT2D eigenvalue weighted by Gasteiger charge is -2.10. The Kier molecular flexibility index (Phi) is 3.49. The van der Waals surface area contributed by atoms with Crippen molar-refractivity contribution in [2.24, 2.45) is 0 Å². The number of aromatic nitrogens is 2. The molecule has 0 saturated carbocycles. The van der Waals surface area contributed by atoms with Crippen molar-refractivity contribution in [3.63, 3.8) is 0 Å². The van der Waals surface area contributed by atoms with E-state index in [0.717, 1.165) is 5.56 Å². The van der Waals surface area contributed by atoms with Crippen molar-refractivity contribution in [3.05, 3.63) is 41.7 Å². The number of rotatable bonds is 3. The van der Waals surface area contributed by atoms with E-state index in [4.69, 9.17) is 0 Å². The molecule has 17 heavy (non-hydrogen) atoms. The first-order chi connectivity index (χ1) is 8.16. The third-order valence-corrected chi connectivity index (χ3v) is 2.62. The van der Waals surface area contributed by atoms with Gasteiger partial charge in [0, 0.05) is 6.54 Å². The number of aryl methyl sites for hydroxylation is 1. The summed E-state index contributed by atoms with van der Waals surface area (Å²) in [6, 6.07) is 9.88. The molecule has 0 atom stereocenters. The Balaban J connectivity index is 2.15. The van der Waals surface area contributed by atoms with Gasteiger partial charge in [-0.3, -0.25) is 0 Å². The summed E-state index contributed by atoms with van der Waals surface area (Å²) in [5.41, 5.74) is 1.57. The first-order valence-corrected chi connectivity index (χ1v) is 5.66. The normalized spacial score (nSPS) is 10.2. The predicted molar refractivity (Wildman–Crippen MR) is 69.5 cm³/mol. The Morgan fingerprint density at radius 1 is 1.24 bits per heavy atom. The fraction of sp³-hybridized carbons (Fsp3) is 0.167. The first kappa shape index (κ1) is 11.7. The lowest BCUT2D eigenvalue weighted by atomic mass is 10.2. The Hall–Kier alpha value is -1.75. The van der Waals surface area contributed by atoms with E-state index in [1.165, 1.54) is 0 Å². The maximum Gasteiger partial charge on any atom is 0.239 e. The van der Waals surface area contributed by atoms with Gasteiger partial charge in [0.1, 0.15) is 16.5 Å². The van der Waals surface area contributed by atoms with Gasteiger partial charge in [0.05, 0.1) is 0 Å². The Morgan fingerprint density at radius 3 is 2.59 bits per heavy atom. The smallest absolute Gasteiger partial charge is 0.239 e. The summed E-state index contributed by atoms with van der Waals surface area (Å²) in [5, 5.41) is 13.2. The standard InChI is InChI=1S/C12H13N3OS/c1-8-14-11(16)10(12(17)15-8)13-7-9-5-3-2-4-6-9/h2-6,13H,7H2,1H3,(H2,14,15,16,17). The van der Waals surface area contributed by atoms with Gasteiger partial charge in [-0.2, -0.15) is 4.98 Å². The van der Waals surface area contributed by atoms with E-state index in [1.54, 1.807) is 6.92 Å². The minimum absolute atomic E-state index is 0.0709. The van der Waals surface area contributed by atoms with Crippen LogP contribution in [0.15, 0.2) is 35.4 Å². The summed E-state index contributed by atoms with van der Waals surface area (Å²) >= 11 is 4.21. The van der Waals surface area contributed by atoms with Crippen LogP contribution in [0.5, 0.6) is 5.88 Å². The zero-order valence-corrected chi connectivity index (χ0v) is 10.3. The molecule has 88 valence electrons. The summed E-state index contributed by atoms with van der Waals surface area (Å²) < 4.78 is 0. The summed E-state index contributed by atoms with van der Waals surface area (Å²) in [6.45, 7) is 2.30. The van der Waals surface area contributed by atoms with Crippen LogP contribution in [-0.4, -0.2) is 15.1 Å². The van der Waals surface area contributed by atoms with Crippen LogP contribution in [0.2, 0.25) is 0 Å². The quantitative estimate of drug-likeness (QED) is 0.576. The predicted octanol–water partition coefficient (Wildman–Crippen LogP) is 2.39. The number of nitrogens with one attached hydrogen (secondary N) is 1. The lowest BCUT2D eigenvalue weighted by Crippen LogP contribution is -2.03. The molecule has 0 aliphatic rings. The molecule has 1 aromatic heterocycles. The van der Waals surface area contributed by atoms with Gasteiger partial charge in [0.15, 0.2) is 0 Å². The second-order valence-electron chi connectivity index (χ2n) is 3.63. The highest BCUT2D eigenvalue weighted by Gasteiger charge is 2.09. The van der Waals surface area contributed by atoms with E-state index in [2.05, 4.69) is 27.9 Å². The van der Waals surface area contributed by atoms with Crippen molar-refractivity contribution in [2.75, 3.05) is 5.32 Å². The number of aromatic hydroxyl groups is 1. The molecular formula is C12H13N3OS. The third kappa shape index (κ3) is 2.88. The fourth-order valence-electron chi connectivity index (χ4n) is 1.49. The highest BCUT2D eigenvalue weighted by molar-refractivity contribution is 7.80. The number of anilines is 1. The van der Waals surface area contributed by atoms with E-state index >= 15 is 0 Å². The molecule has 0 spiro atoms. The molecule has 1 aromatic carbocycles. The summed E-state index contributed by atoms with van der Waals surface area (Å²) in [5.74, 6) is 0.427. The fourth-order valence-corrected chi connectivity index (χ4v) is 1.81. The molecule has 0 radical (unpaired) electrons. The highest BCUT2D eigenvalue weighted by atomic mass is 32.1. The van der Waals surface area contributed by atoms with Crippen LogP contribution in [0, 0.1) is 6.92 Å². The highest BCUT2D eigenvalue weighted by Crippen LogP contribution is 2.27. The van der Waals surface area contributed by atoms with Crippen LogP contribution >= 0.6 is 12.6 Å². The molecule has 0 unspecified atom stereocenters. The van der Waals surface area contributed by atoms with Crippen LogP contribution in [0.1, 0.15) is 11.4 Å². The van der Waals surface area contributed by atoms with E-state index in [1.807, 2.05) is 30.3 Å². The Morgan fingerprint density at radius 2 is 1.94 bits per heavy atom. The summed E-state index contributed by atoms with van der Waals surface area (Å²) in [4.78, 5) is 7.96. The van der Waals surface area contributed by atoms with Crippen LogP contribution in [0.25, 0.3) is 0 Å². The van der Waals surface area contributed by atoms with Crippen molar-refractivity contribution in [2.45, 2.75) is 18.5 Å². The van der Waals surface area contributed by atoms with E-state index in [0.29, 0.717) is 23.1 Å². The molecule has 1 heterocycles. The molecule has 0 bridgehead atoms. The first-order valence-electron chi connectivity index (χ1n) is 5.21. The van der Waals surface area contributed by atoms with Gasteiger partial charge in [-0.1, -0.05) is 30.3 Å². The minimum Gasteiger partial charge on any atom is -0.492 e. The topological polar surface area (TPSA) is 58.0 Å². The molecule has 2 N–H and O–H groups in total. The van der Waals surface area contributed by atoms with Crippen molar-refractivity contribution in [3.8, 4) is 5.88 Å². The molecule has 5 heteroatoms. The number of hydrogen-bond donors (Lipinski definition) is 3. The second kappa shape index (κ2) is 5.05. The maximum atomic E-state index is 9.69. The van der Waals surface area contributed by atoms with Gasteiger partial charge >= 0.3 is 0 Å². The average Bonchev–Trinajstić information content (AvgIpc) is 2.29. The second-order valence-corrected chi connectivity index (χ2v) is 4.06. The van der Waals surface area contributed by atoms with Gasteiger partial charge in [-0.05, 0) is 12.5 Å². The van der Waals surface area contributed by atoms with Crippen LogP contribution in [0.4, 0.5) is 5.69 Å². The van der Waals surface area contributed by atoms with Crippen LogP contribution in [-0.2, 0) is 6.54 Å². The van der Waals surface area contributed by atoms with E-state index < -0.39 is 0 Å². The van der Waals surface area contributed by atoms with Gasteiger partial charge in [0.25, 0.3) is 0 Å². The number of hydrogen-bond acceptors (Lipinski definition) is 5. The van der Waals surface area contributed by atoms with Crippen molar-refractivity contribution >= 4 is 18.3 Å². The van der Waals surface area contributed by atoms with Gasteiger partial charge in [-0.25, -0.2) is 4.98 Å². The lowest BCUT2D eigenvalue weighted by molar-refractivity contribution is 0.449. The zero-order valence-electron chi connectivity index (χ0n) is 9.38. The average molecular weight is 247 g/mol. The van der Waals surface area contributed by atoms with Crippen LogP contribution < -0.4 is 5.32 Å². The summed E-state index contributed by atoms with van der Waals surface area (Å²) in [6.07, 6.45) is 0. The molecular weight excluding hydrogens is 234 g/mol. The Bertz CT molecular complexity index is 493. The third-order valence-electron chi connectivity index (χ3n) is 2.29. The van der Waals surface area contributed by atoms with Crippen molar-refractivity contribution < 1.29 is 5.11 Å². The van der Waals surface area contributed by atoms with Crippen LogP contribution in [0.3, 0.4) is 0 Å². The number of thiol groups is 1. The van der Waals surface area contributed by atoms with Gasteiger partial charge in [0.2, 0.25) is 5.88 Å². The molecule has 0 saturated heterocycles. The minimum atomic E-state index is -0.0709. The molecule has 0 fully saturated rings.